The summed E-state index contributed by atoms with van der Waals surface area (Å²) in [5.41, 5.74) is 0. The van der Waals surface area contributed by atoms with Gasteiger partial charge in [0.1, 0.15) is 0 Å². The van der Waals surface area contributed by atoms with Gasteiger partial charge >= 0.3 is 0 Å². The Morgan fingerprint density at radius 1 is 1.71 bits per heavy atom. The van der Waals surface area contributed by atoms with Gasteiger partial charge in [-0.15, -0.1) is 11.6 Å². The van der Waals surface area contributed by atoms with Crippen LogP contribution >= 0.6 is 24.2 Å². The zero-order valence-corrected chi connectivity index (χ0v) is 6.06. The summed E-state index contributed by atoms with van der Waals surface area (Å²) in [6.45, 7) is 2.11. The molecule has 0 saturated carbocycles. The Labute approximate surface area is 55.7 Å². The maximum absolute atomic E-state index is 5.48. The SMILES string of the molecule is CC(CCl)CC[S]. The van der Waals surface area contributed by atoms with Gasteiger partial charge in [0.25, 0.3) is 0 Å². The molecule has 0 aromatic rings. The average molecular weight is 138 g/mol. The highest BCUT2D eigenvalue weighted by atomic mass is 35.5. The van der Waals surface area contributed by atoms with Crippen molar-refractivity contribution in [3.63, 3.8) is 0 Å². The van der Waals surface area contributed by atoms with Crippen molar-refractivity contribution in [3.8, 4) is 0 Å². The van der Waals surface area contributed by atoms with E-state index in [1.807, 2.05) is 0 Å². The van der Waals surface area contributed by atoms with Crippen LogP contribution in [0.3, 0.4) is 0 Å². The standard InChI is InChI=1S/C5H10ClS/c1-5(4-6)2-3-7/h5H,2-4H2,1H3. The summed E-state index contributed by atoms with van der Waals surface area (Å²) in [4.78, 5) is 0. The fourth-order valence-electron chi connectivity index (χ4n) is 0.278. The molecule has 7 heavy (non-hydrogen) atoms. The molecule has 2 heteroatoms. The highest BCUT2D eigenvalue weighted by Crippen LogP contribution is 2.03. The zero-order valence-electron chi connectivity index (χ0n) is 4.48. The molecule has 43 valence electrons. The van der Waals surface area contributed by atoms with Crippen LogP contribution in [0, 0.1) is 5.92 Å². The fourth-order valence-corrected chi connectivity index (χ4v) is 0.835. The zero-order chi connectivity index (χ0) is 5.70. The van der Waals surface area contributed by atoms with Crippen molar-refractivity contribution in [1.82, 2.24) is 0 Å². The molecular weight excluding hydrogens is 128 g/mol. The molecule has 0 saturated heterocycles. The fraction of sp³-hybridized carbons (Fsp3) is 1.00. The summed E-state index contributed by atoms with van der Waals surface area (Å²) < 4.78 is 0. The molecule has 0 aliphatic carbocycles. The predicted molar refractivity (Wildman–Crippen MR) is 37.0 cm³/mol. The Morgan fingerprint density at radius 3 is 2.43 bits per heavy atom. The molecule has 0 heterocycles. The van der Waals surface area contributed by atoms with Crippen molar-refractivity contribution in [2.24, 2.45) is 5.92 Å². The molecule has 0 bridgehead atoms. The van der Waals surface area contributed by atoms with E-state index in [4.69, 9.17) is 24.2 Å². The van der Waals surface area contributed by atoms with Gasteiger partial charge in [-0.05, 0) is 12.3 Å². The lowest BCUT2D eigenvalue weighted by molar-refractivity contribution is 0.640. The summed E-state index contributed by atoms with van der Waals surface area (Å²) >= 11 is 10.2. The second-order valence-electron chi connectivity index (χ2n) is 1.75. The Morgan fingerprint density at radius 2 is 2.29 bits per heavy atom. The topological polar surface area (TPSA) is 0 Å². The summed E-state index contributed by atoms with van der Waals surface area (Å²) in [5, 5.41) is 0. The first-order chi connectivity index (χ1) is 3.31. The van der Waals surface area contributed by atoms with Crippen molar-refractivity contribution in [2.45, 2.75) is 13.3 Å². The van der Waals surface area contributed by atoms with E-state index >= 15 is 0 Å². The largest absolute Gasteiger partial charge is 0.126 e. The van der Waals surface area contributed by atoms with Crippen LogP contribution in [0.15, 0.2) is 0 Å². The lowest BCUT2D eigenvalue weighted by Gasteiger charge is -2.00. The van der Waals surface area contributed by atoms with E-state index in [2.05, 4.69) is 6.92 Å². The van der Waals surface area contributed by atoms with E-state index in [0.29, 0.717) is 5.92 Å². The first-order valence-corrected chi connectivity index (χ1v) is 3.56. The monoisotopic (exact) mass is 137 g/mol. The third kappa shape index (κ3) is 4.49. The minimum absolute atomic E-state index is 0.610. The highest BCUT2D eigenvalue weighted by molar-refractivity contribution is 7.80. The normalized spacial score (nSPS) is 14.1. The number of hydrogen-bond donors (Lipinski definition) is 0. The molecule has 0 aliphatic rings. The van der Waals surface area contributed by atoms with Gasteiger partial charge in [0.05, 0.1) is 0 Å². The maximum atomic E-state index is 5.48. The van der Waals surface area contributed by atoms with E-state index in [0.717, 1.165) is 18.1 Å². The van der Waals surface area contributed by atoms with Gasteiger partial charge in [-0.2, -0.15) is 0 Å². The van der Waals surface area contributed by atoms with E-state index in [1.54, 1.807) is 0 Å². The Hall–Kier alpha value is 0.640. The highest BCUT2D eigenvalue weighted by Gasteiger charge is 1.94. The lowest BCUT2D eigenvalue weighted by Crippen LogP contribution is -1.95. The third-order valence-electron chi connectivity index (χ3n) is 0.874. The van der Waals surface area contributed by atoms with Crippen molar-refractivity contribution < 1.29 is 0 Å². The number of alkyl halides is 1. The molecule has 0 aromatic heterocycles. The van der Waals surface area contributed by atoms with E-state index in [9.17, 15) is 0 Å². The number of halogens is 1. The molecule has 0 amide bonds. The second-order valence-corrected chi connectivity index (χ2v) is 2.47. The molecule has 0 fully saturated rings. The lowest BCUT2D eigenvalue weighted by atomic mass is 10.2. The molecule has 0 rings (SSSR count). The Kier molecular flexibility index (Phi) is 5.23. The first kappa shape index (κ1) is 7.64. The van der Waals surface area contributed by atoms with Crippen LogP contribution in [-0.4, -0.2) is 11.6 Å². The van der Waals surface area contributed by atoms with E-state index in [-0.39, 0.29) is 0 Å². The number of rotatable bonds is 3. The van der Waals surface area contributed by atoms with Crippen LogP contribution in [0.4, 0.5) is 0 Å². The Bertz CT molecular complexity index is 39.1. The van der Waals surface area contributed by atoms with Crippen molar-refractivity contribution in [2.75, 3.05) is 11.6 Å². The summed E-state index contributed by atoms with van der Waals surface area (Å²) in [5.74, 6) is 2.20. The molecule has 1 unspecified atom stereocenters. The summed E-state index contributed by atoms with van der Waals surface area (Å²) in [6.07, 6.45) is 1.08. The molecule has 1 atom stereocenters. The van der Waals surface area contributed by atoms with E-state index in [1.165, 1.54) is 0 Å². The minimum atomic E-state index is 0.610. The Balaban J connectivity index is 2.83. The number of hydrogen-bond acceptors (Lipinski definition) is 0. The van der Waals surface area contributed by atoms with Gasteiger partial charge < -0.3 is 0 Å². The van der Waals surface area contributed by atoms with Crippen LogP contribution in [0.1, 0.15) is 13.3 Å². The van der Waals surface area contributed by atoms with E-state index < -0.39 is 0 Å². The molecule has 0 N–H and O–H groups in total. The second kappa shape index (κ2) is 4.79. The van der Waals surface area contributed by atoms with Gasteiger partial charge in [-0.3, -0.25) is 0 Å². The summed E-state index contributed by atoms with van der Waals surface area (Å²) in [6, 6.07) is 0. The smallest absolute Gasteiger partial charge is 0.0249 e. The van der Waals surface area contributed by atoms with Gasteiger partial charge in [-0.1, -0.05) is 19.6 Å². The minimum Gasteiger partial charge on any atom is -0.126 e. The molecule has 0 nitrogen and oxygen atoms in total. The molecular formula is C5H10ClS. The van der Waals surface area contributed by atoms with Crippen molar-refractivity contribution >= 4 is 24.2 Å². The first-order valence-electron chi connectivity index (χ1n) is 2.45. The van der Waals surface area contributed by atoms with Crippen LogP contribution in [-0.2, 0) is 0 Å². The molecule has 0 aliphatic heterocycles. The van der Waals surface area contributed by atoms with Gasteiger partial charge in [0, 0.05) is 11.6 Å². The van der Waals surface area contributed by atoms with Crippen LogP contribution in [0.2, 0.25) is 0 Å². The average Bonchev–Trinajstić information content (AvgIpc) is 1.68. The quantitative estimate of drug-likeness (QED) is 0.525. The predicted octanol–water partition coefficient (Wildman–Crippen LogP) is 2.45. The van der Waals surface area contributed by atoms with Gasteiger partial charge in [0.2, 0.25) is 0 Å². The summed E-state index contributed by atoms with van der Waals surface area (Å²) in [7, 11) is 0. The van der Waals surface area contributed by atoms with Crippen LogP contribution in [0.25, 0.3) is 0 Å². The third-order valence-corrected chi connectivity index (χ3v) is 1.64. The van der Waals surface area contributed by atoms with Gasteiger partial charge in [-0.25, -0.2) is 0 Å². The van der Waals surface area contributed by atoms with Crippen LogP contribution < -0.4 is 0 Å². The maximum Gasteiger partial charge on any atom is 0.0249 e. The molecule has 1 radical (unpaired) electrons. The molecule has 0 aromatic carbocycles. The molecule has 0 spiro atoms. The van der Waals surface area contributed by atoms with Gasteiger partial charge in [0.15, 0.2) is 0 Å². The van der Waals surface area contributed by atoms with Crippen LogP contribution in [0.5, 0.6) is 0 Å². The van der Waals surface area contributed by atoms with Crippen molar-refractivity contribution in [1.29, 1.82) is 0 Å². The van der Waals surface area contributed by atoms with Crippen molar-refractivity contribution in [3.05, 3.63) is 0 Å².